The highest BCUT2D eigenvalue weighted by molar-refractivity contribution is 5.74. The first-order valence-corrected chi connectivity index (χ1v) is 5.26. The third kappa shape index (κ3) is 1.85. The molecule has 3 heteroatoms. The molecule has 0 amide bonds. The van der Waals surface area contributed by atoms with Gasteiger partial charge in [-0.3, -0.25) is 4.79 Å². The molecule has 74 valence electrons. The molecule has 1 unspecified atom stereocenters. The zero-order chi connectivity index (χ0) is 9.26. The van der Waals surface area contributed by atoms with E-state index in [2.05, 4.69) is 5.32 Å². The molecule has 1 aliphatic carbocycles. The van der Waals surface area contributed by atoms with E-state index in [0.717, 1.165) is 6.42 Å². The van der Waals surface area contributed by atoms with Crippen molar-refractivity contribution in [1.82, 2.24) is 5.32 Å². The number of carbonyl (C=O) groups is 1. The fraction of sp³-hybridized carbons (Fsp3) is 0.900. The smallest absolute Gasteiger partial charge is 0.320 e. The lowest BCUT2D eigenvalue weighted by Gasteiger charge is -2.14. The quantitative estimate of drug-likeness (QED) is 0.645. The van der Waals surface area contributed by atoms with E-state index in [0.29, 0.717) is 12.0 Å². The molecule has 3 atom stereocenters. The summed E-state index contributed by atoms with van der Waals surface area (Å²) in [5.41, 5.74) is 0. The second kappa shape index (κ2) is 3.66. The summed E-state index contributed by atoms with van der Waals surface area (Å²) < 4.78 is 0. The molecule has 1 heterocycles. The van der Waals surface area contributed by atoms with Gasteiger partial charge in [0.15, 0.2) is 0 Å². The molecule has 1 saturated carbocycles. The van der Waals surface area contributed by atoms with Crippen LogP contribution in [0.25, 0.3) is 0 Å². The lowest BCUT2D eigenvalue weighted by Crippen LogP contribution is -2.35. The van der Waals surface area contributed by atoms with Crippen molar-refractivity contribution in [1.29, 1.82) is 0 Å². The summed E-state index contributed by atoms with van der Waals surface area (Å²) in [7, 11) is 0. The molecule has 0 radical (unpaired) electrons. The van der Waals surface area contributed by atoms with E-state index in [1.54, 1.807) is 0 Å². The van der Waals surface area contributed by atoms with Crippen molar-refractivity contribution in [2.45, 2.75) is 50.6 Å². The molecule has 0 spiro atoms. The number of hydrogen-bond donors (Lipinski definition) is 2. The first-order valence-electron chi connectivity index (χ1n) is 5.26. The minimum atomic E-state index is -0.673. The van der Waals surface area contributed by atoms with Crippen molar-refractivity contribution in [2.24, 2.45) is 5.92 Å². The highest BCUT2D eigenvalue weighted by atomic mass is 16.4. The van der Waals surface area contributed by atoms with Gasteiger partial charge in [-0.05, 0) is 25.2 Å². The van der Waals surface area contributed by atoms with Crippen molar-refractivity contribution in [2.75, 3.05) is 0 Å². The lowest BCUT2D eigenvalue weighted by molar-refractivity contribution is -0.139. The normalized spacial score (nSPS) is 39.5. The largest absolute Gasteiger partial charge is 0.480 e. The van der Waals surface area contributed by atoms with E-state index < -0.39 is 5.97 Å². The zero-order valence-electron chi connectivity index (χ0n) is 7.83. The molecular formula is C10H17NO2. The van der Waals surface area contributed by atoms with Crippen LogP contribution in [0, 0.1) is 5.92 Å². The lowest BCUT2D eigenvalue weighted by atomic mass is 9.94. The monoisotopic (exact) mass is 183 g/mol. The fourth-order valence-electron chi connectivity index (χ4n) is 2.69. The van der Waals surface area contributed by atoms with Crippen molar-refractivity contribution in [3.05, 3.63) is 0 Å². The molecule has 1 saturated heterocycles. The van der Waals surface area contributed by atoms with E-state index in [1.165, 1.54) is 32.1 Å². The Balaban J connectivity index is 1.97. The fourth-order valence-corrected chi connectivity index (χ4v) is 2.69. The first-order chi connectivity index (χ1) is 6.27. The average Bonchev–Trinajstić information content (AvgIpc) is 2.38. The van der Waals surface area contributed by atoms with Crippen LogP contribution in [0.5, 0.6) is 0 Å². The van der Waals surface area contributed by atoms with Gasteiger partial charge in [0.2, 0.25) is 0 Å². The summed E-state index contributed by atoms with van der Waals surface area (Å²) in [6.45, 7) is 0. The summed E-state index contributed by atoms with van der Waals surface area (Å²) in [5, 5.41) is 12.1. The number of aliphatic carboxylic acids is 1. The molecule has 0 aromatic rings. The molecule has 3 nitrogen and oxygen atoms in total. The van der Waals surface area contributed by atoms with Gasteiger partial charge in [0, 0.05) is 6.04 Å². The molecule has 2 aliphatic rings. The Morgan fingerprint density at radius 2 is 2.00 bits per heavy atom. The Labute approximate surface area is 78.5 Å². The topological polar surface area (TPSA) is 49.3 Å². The predicted molar refractivity (Wildman–Crippen MR) is 49.5 cm³/mol. The highest BCUT2D eigenvalue weighted by Crippen LogP contribution is 2.32. The van der Waals surface area contributed by atoms with Crippen LogP contribution in [-0.2, 0) is 4.79 Å². The predicted octanol–water partition coefficient (Wildman–Crippen LogP) is 1.38. The van der Waals surface area contributed by atoms with Crippen LogP contribution in [-0.4, -0.2) is 23.2 Å². The van der Waals surface area contributed by atoms with Gasteiger partial charge in [-0.25, -0.2) is 0 Å². The molecular weight excluding hydrogens is 166 g/mol. The molecule has 2 N–H and O–H groups in total. The standard InChI is InChI=1S/C10H17NO2/c12-10(13)9-6-7-4-2-1-3-5-8(7)11-9/h7-9,11H,1-6H2,(H,12,13)/t7-,8+,9?/m1/s1. The second-order valence-electron chi connectivity index (χ2n) is 4.30. The van der Waals surface area contributed by atoms with Gasteiger partial charge in [-0.2, -0.15) is 0 Å². The number of carboxylic acid groups (broad SMARTS) is 1. The van der Waals surface area contributed by atoms with E-state index in [4.69, 9.17) is 5.11 Å². The molecule has 0 aromatic heterocycles. The van der Waals surface area contributed by atoms with Crippen LogP contribution in [0.1, 0.15) is 38.5 Å². The van der Waals surface area contributed by atoms with Gasteiger partial charge in [0.1, 0.15) is 6.04 Å². The first kappa shape index (κ1) is 9.00. The van der Waals surface area contributed by atoms with Gasteiger partial charge < -0.3 is 10.4 Å². The number of fused-ring (bicyclic) bond motifs is 1. The third-order valence-corrected chi connectivity index (χ3v) is 3.41. The van der Waals surface area contributed by atoms with Crippen LogP contribution in [0.4, 0.5) is 0 Å². The Hall–Kier alpha value is -0.570. The van der Waals surface area contributed by atoms with Crippen LogP contribution in [0.15, 0.2) is 0 Å². The van der Waals surface area contributed by atoms with Crippen molar-refractivity contribution < 1.29 is 9.90 Å². The summed E-state index contributed by atoms with van der Waals surface area (Å²) in [6, 6.07) is 0.219. The minimum Gasteiger partial charge on any atom is -0.480 e. The van der Waals surface area contributed by atoms with E-state index in [-0.39, 0.29) is 6.04 Å². The van der Waals surface area contributed by atoms with Gasteiger partial charge in [0.25, 0.3) is 0 Å². The number of nitrogens with one attached hydrogen (secondary N) is 1. The SMILES string of the molecule is O=C(O)C1C[C@H]2CCCCC[C@@H]2N1. The Bertz CT molecular complexity index is 191. The number of hydrogen-bond acceptors (Lipinski definition) is 2. The van der Waals surface area contributed by atoms with Crippen molar-refractivity contribution in [3.8, 4) is 0 Å². The zero-order valence-corrected chi connectivity index (χ0v) is 7.83. The van der Waals surface area contributed by atoms with Gasteiger partial charge in [-0.1, -0.05) is 19.3 Å². The molecule has 0 aromatic carbocycles. The molecule has 1 aliphatic heterocycles. The van der Waals surface area contributed by atoms with Gasteiger partial charge >= 0.3 is 5.97 Å². The third-order valence-electron chi connectivity index (χ3n) is 3.41. The van der Waals surface area contributed by atoms with E-state index in [9.17, 15) is 4.79 Å². The number of rotatable bonds is 1. The van der Waals surface area contributed by atoms with Gasteiger partial charge in [0.05, 0.1) is 0 Å². The van der Waals surface area contributed by atoms with Crippen LogP contribution < -0.4 is 5.32 Å². The summed E-state index contributed by atoms with van der Waals surface area (Å²) in [4.78, 5) is 10.8. The molecule has 0 bridgehead atoms. The molecule has 2 rings (SSSR count). The van der Waals surface area contributed by atoms with Crippen molar-refractivity contribution >= 4 is 5.97 Å². The molecule has 13 heavy (non-hydrogen) atoms. The van der Waals surface area contributed by atoms with Gasteiger partial charge in [-0.15, -0.1) is 0 Å². The number of carboxylic acids is 1. The Kier molecular flexibility index (Phi) is 2.54. The Morgan fingerprint density at radius 3 is 2.77 bits per heavy atom. The maximum Gasteiger partial charge on any atom is 0.320 e. The summed E-state index contributed by atoms with van der Waals surface area (Å²) in [5.74, 6) is -0.0447. The summed E-state index contributed by atoms with van der Waals surface area (Å²) >= 11 is 0. The molecule has 2 fully saturated rings. The average molecular weight is 183 g/mol. The minimum absolute atomic E-state index is 0.270. The highest BCUT2D eigenvalue weighted by Gasteiger charge is 2.37. The van der Waals surface area contributed by atoms with Crippen molar-refractivity contribution in [3.63, 3.8) is 0 Å². The maximum atomic E-state index is 10.8. The van der Waals surface area contributed by atoms with E-state index in [1.807, 2.05) is 0 Å². The second-order valence-corrected chi connectivity index (χ2v) is 4.30. The summed E-state index contributed by atoms with van der Waals surface area (Å²) in [6.07, 6.45) is 7.12. The van der Waals surface area contributed by atoms with Crippen LogP contribution in [0.3, 0.4) is 0 Å². The van der Waals surface area contributed by atoms with E-state index >= 15 is 0 Å². The van der Waals surface area contributed by atoms with Crippen LogP contribution in [0.2, 0.25) is 0 Å². The van der Waals surface area contributed by atoms with Crippen LogP contribution >= 0.6 is 0 Å². The Morgan fingerprint density at radius 1 is 1.23 bits per heavy atom. The maximum absolute atomic E-state index is 10.8.